The average molecular weight is 267 g/mol. The Hall–Kier alpha value is -1.89. The van der Waals surface area contributed by atoms with E-state index >= 15 is 0 Å². The van der Waals surface area contributed by atoms with E-state index in [0.717, 1.165) is 0 Å². The standard InChI is InChI=1S/C12H21N5O2/c1-8(2)11(13)12(19)16-6-10(18)17(3)7-9-14-4-5-15-9/h4-5,8,11H,6-7,13H2,1-3H3,(H,14,15)(H,16,19)/t11-/m0/s1. The van der Waals surface area contributed by atoms with Crippen LogP contribution in [0.4, 0.5) is 0 Å². The van der Waals surface area contributed by atoms with Crippen LogP contribution < -0.4 is 11.1 Å². The van der Waals surface area contributed by atoms with Gasteiger partial charge in [-0.05, 0) is 5.92 Å². The first-order valence-corrected chi connectivity index (χ1v) is 6.17. The second kappa shape index (κ2) is 6.89. The maximum absolute atomic E-state index is 11.8. The second-order valence-corrected chi connectivity index (χ2v) is 4.77. The zero-order valence-corrected chi connectivity index (χ0v) is 11.5. The van der Waals surface area contributed by atoms with E-state index in [-0.39, 0.29) is 24.3 Å². The number of aromatic nitrogens is 2. The Balaban J connectivity index is 2.36. The van der Waals surface area contributed by atoms with Crippen molar-refractivity contribution in [1.82, 2.24) is 20.2 Å². The molecule has 0 aromatic carbocycles. The molecular formula is C12H21N5O2. The van der Waals surface area contributed by atoms with Gasteiger partial charge in [-0.25, -0.2) is 4.98 Å². The summed E-state index contributed by atoms with van der Waals surface area (Å²) in [5.41, 5.74) is 5.68. The fourth-order valence-electron chi connectivity index (χ4n) is 1.42. The van der Waals surface area contributed by atoms with Crippen molar-refractivity contribution in [2.24, 2.45) is 11.7 Å². The molecule has 0 aliphatic heterocycles. The van der Waals surface area contributed by atoms with Crippen LogP contribution in [0.3, 0.4) is 0 Å². The van der Waals surface area contributed by atoms with Crippen molar-refractivity contribution in [1.29, 1.82) is 0 Å². The predicted molar refractivity (Wildman–Crippen MR) is 70.9 cm³/mol. The van der Waals surface area contributed by atoms with Crippen LogP contribution in [0.5, 0.6) is 0 Å². The molecule has 1 heterocycles. The maximum atomic E-state index is 11.8. The minimum Gasteiger partial charge on any atom is -0.347 e. The Labute approximate surface area is 112 Å². The number of H-pyrrole nitrogens is 1. The van der Waals surface area contributed by atoms with Gasteiger partial charge in [-0.3, -0.25) is 9.59 Å². The lowest BCUT2D eigenvalue weighted by Gasteiger charge is -2.18. The summed E-state index contributed by atoms with van der Waals surface area (Å²) in [6.07, 6.45) is 3.31. The monoisotopic (exact) mass is 267 g/mol. The first-order valence-electron chi connectivity index (χ1n) is 6.17. The van der Waals surface area contributed by atoms with Crippen LogP contribution in [0.1, 0.15) is 19.7 Å². The first-order chi connectivity index (χ1) is 8.91. The molecule has 0 saturated carbocycles. The molecule has 7 heteroatoms. The first kappa shape index (κ1) is 15.2. The van der Waals surface area contributed by atoms with Gasteiger partial charge in [0.1, 0.15) is 5.82 Å². The van der Waals surface area contributed by atoms with Gasteiger partial charge in [0, 0.05) is 19.4 Å². The molecule has 106 valence electrons. The topological polar surface area (TPSA) is 104 Å². The van der Waals surface area contributed by atoms with Crippen molar-refractivity contribution in [3.8, 4) is 0 Å². The molecule has 7 nitrogen and oxygen atoms in total. The number of nitrogens with two attached hydrogens (primary N) is 1. The molecule has 0 aliphatic carbocycles. The van der Waals surface area contributed by atoms with Gasteiger partial charge in [0.05, 0.1) is 19.1 Å². The molecule has 0 radical (unpaired) electrons. The number of likely N-dealkylation sites (N-methyl/N-ethyl adjacent to an activating group) is 1. The van der Waals surface area contributed by atoms with Crippen molar-refractivity contribution in [3.63, 3.8) is 0 Å². The zero-order valence-electron chi connectivity index (χ0n) is 11.5. The molecule has 1 aromatic heterocycles. The van der Waals surface area contributed by atoms with E-state index in [1.54, 1.807) is 19.4 Å². The SMILES string of the molecule is CC(C)[C@H](N)C(=O)NCC(=O)N(C)Cc1ncc[nH]1. The number of imidazole rings is 1. The third-order valence-electron chi connectivity index (χ3n) is 2.80. The van der Waals surface area contributed by atoms with Gasteiger partial charge in [0.2, 0.25) is 11.8 Å². The molecule has 0 unspecified atom stereocenters. The number of hydrogen-bond donors (Lipinski definition) is 3. The van der Waals surface area contributed by atoms with Gasteiger partial charge >= 0.3 is 0 Å². The molecule has 0 spiro atoms. The number of carbonyl (C=O) groups excluding carboxylic acids is 2. The molecule has 1 atom stereocenters. The molecule has 4 N–H and O–H groups in total. The fourth-order valence-corrected chi connectivity index (χ4v) is 1.42. The molecule has 0 fully saturated rings. The van der Waals surface area contributed by atoms with Crippen molar-refractivity contribution in [2.45, 2.75) is 26.4 Å². The number of amides is 2. The quantitative estimate of drug-likeness (QED) is 0.644. The number of hydrogen-bond acceptors (Lipinski definition) is 4. The lowest BCUT2D eigenvalue weighted by Crippen LogP contribution is -2.47. The maximum Gasteiger partial charge on any atom is 0.242 e. The Bertz CT molecular complexity index is 416. The van der Waals surface area contributed by atoms with Crippen molar-refractivity contribution < 1.29 is 9.59 Å². The van der Waals surface area contributed by atoms with Crippen molar-refractivity contribution in [2.75, 3.05) is 13.6 Å². The predicted octanol–water partition coefficient (Wildman–Crippen LogP) is -0.532. The third-order valence-corrected chi connectivity index (χ3v) is 2.80. The summed E-state index contributed by atoms with van der Waals surface area (Å²) in [5.74, 6) is 0.229. The highest BCUT2D eigenvalue weighted by Gasteiger charge is 2.18. The van der Waals surface area contributed by atoms with Crippen LogP contribution in [0.15, 0.2) is 12.4 Å². The highest BCUT2D eigenvalue weighted by Crippen LogP contribution is 1.98. The molecule has 19 heavy (non-hydrogen) atoms. The number of carbonyl (C=O) groups is 2. The molecular weight excluding hydrogens is 246 g/mol. The highest BCUT2D eigenvalue weighted by atomic mass is 16.2. The van der Waals surface area contributed by atoms with E-state index in [2.05, 4.69) is 15.3 Å². The lowest BCUT2D eigenvalue weighted by molar-refractivity contribution is -0.132. The number of nitrogens with zero attached hydrogens (tertiary/aromatic N) is 2. The highest BCUT2D eigenvalue weighted by molar-refractivity contribution is 5.87. The van der Waals surface area contributed by atoms with Crippen LogP contribution in [-0.2, 0) is 16.1 Å². The largest absolute Gasteiger partial charge is 0.347 e. The van der Waals surface area contributed by atoms with Gasteiger partial charge in [0.15, 0.2) is 0 Å². The van der Waals surface area contributed by atoms with Gasteiger partial charge in [-0.15, -0.1) is 0 Å². The fraction of sp³-hybridized carbons (Fsp3) is 0.583. The number of rotatable bonds is 6. The Morgan fingerprint density at radius 3 is 2.74 bits per heavy atom. The summed E-state index contributed by atoms with van der Waals surface area (Å²) >= 11 is 0. The van der Waals surface area contributed by atoms with Crippen LogP contribution in [0, 0.1) is 5.92 Å². The summed E-state index contributed by atoms with van der Waals surface area (Å²) in [7, 11) is 1.65. The molecule has 1 aromatic rings. The van der Waals surface area contributed by atoms with Gasteiger partial charge < -0.3 is 20.9 Å². The Morgan fingerprint density at radius 2 is 2.21 bits per heavy atom. The van der Waals surface area contributed by atoms with E-state index in [1.807, 2.05) is 13.8 Å². The summed E-state index contributed by atoms with van der Waals surface area (Å²) in [5, 5.41) is 2.54. The number of aromatic amines is 1. The summed E-state index contributed by atoms with van der Waals surface area (Å²) in [6, 6.07) is -0.594. The minimum atomic E-state index is -0.594. The van der Waals surface area contributed by atoms with E-state index in [4.69, 9.17) is 5.73 Å². The summed E-state index contributed by atoms with van der Waals surface area (Å²) in [4.78, 5) is 31.8. The van der Waals surface area contributed by atoms with Crippen LogP contribution in [0.2, 0.25) is 0 Å². The third kappa shape index (κ3) is 4.70. The van der Waals surface area contributed by atoms with Crippen LogP contribution in [-0.4, -0.2) is 46.3 Å². The number of nitrogens with one attached hydrogen (secondary N) is 2. The van der Waals surface area contributed by atoms with E-state index in [9.17, 15) is 9.59 Å². The van der Waals surface area contributed by atoms with Crippen LogP contribution >= 0.6 is 0 Å². The van der Waals surface area contributed by atoms with Gasteiger partial charge in [0.25, 0.3) is 0 Å². The zero-order chi connectivity index (χ0) is 14.4. The normalized spacial score (nSPS) is 12.3. The van der Waals surface area contributed by atoms with E-state index < -0.39 is 6.04 Å². The Kier molecular flexibility index (Phi) is 5.50. The van der Waals surface area contributed by atoms with Crippen molar-refractivity contribution in [3.05, 3.63) is 18.2 Å². The summed E-state index contributed by atoms with van der Waals surface area (Å²) < 4.78 is 0. The van der Waals surface area contributed by atoms with Crippen molar-refractivity contribution >= 4 is 11.8 Å². The van der Waals surface area contributed by atoms with E-state index in [1.165, 1.54) is 4.90 Å². The van der Waals surface area contributed by atoms with Crippen LogP contribution in [0.25, 0.3) is 0 Å². The Morgan fingerprint density at radius 1 is 1.53 bits per heavy atom. The molecule has 0 saturated heterocycles. The lowest BCUT2D eigenvalue weighted by atomic mass is 10.1. The molecule has 0 aliphatic rings. The minimum absolute atomic E-state index is 0.0379. The smallest absolute Gasteiger partial charge is 0.242 e. The van der Waals surface area contributed by atoms with E-state index in [0.29, 0.717) is 12.4 Å². The average Bonchev–Trinajstić information content (AvgIpc) is 2.86. The molecule has 2 amide bonds. The van der Waals surface area contributed by atoms with Gasteiger partial charge in [-0.1, -0.05) is 13.8 Å². The second-order valence-electron chi connectivity index (χ2n) is 4.77. The molecule has 1 rings (SSSR count). The van der Waals surface area contributed by atoms with Gasteiger partial charge in [-0.2, -0.15) is 0 Å². The summed E-state index contributed by atoms with van der Waals surface area (Å²) in [6.45, 7) is 4.03. The molecule has 0 bridgehead atoms.